The lowest BCUT2D eigenvalue weighted by atomic mass is 10.1. The van der Waals surface area contributed by atoms with Gasteiger partial charge in [0.05, 0.1) is 0 Å². The molecule has 2 aromatic carbocycles. The number of pyridine rings is 1. The van der Waals surface area contributed by atoms with E-state index in [0.29, 0.717) is 0 Å². The van der Waals surface area contributed by atoms with Gasteiger partial charge in [-0.2, -0.15) is 0 Å². The quantitative estimate of drug-likeness (QED) is 0.726. The zero-order valence-corrected chi connectivity index (χ0v) is 12.6. The van der Waals surface area contributed by atoms with Crippen molar-refractivity contribution in [2.75, 3.05) is 17.7 Å². The normalized spacial score (nSPS) is 10.5. The van der Waals surface area contributed by atoms with Crippen molar-refractivity contribution in [2.45, 2.75) is 0 Å². The number of aromatic nitrogens is 1. The maximum Gasteiger partial charge on any atom is 0.132 e. The minimum absolute atomic E-state index is 0.823. The molecule has 3 aromatic rings. The molecule has 3 rings (SSSR count). The molecule has 0 atom stereocenters. The Morgan fingerprint density at radius 1 is 0.850 bits per heavy atom. The van der Waals surface area contributed by atoms with Gasteiger partial charge in [0, 0.05) is 22.6 Å². The Bertz CT molecular complexity index is 756. The maximum atomic E-state index is 4.48. The summed E-state index contributed by atoms with van der Waals surface area (Å²) < 4.78 is 1.09. The van der Waals surface area contributed by atoms with E-state index in [9.17, 15) is 0 Å². The largest absolute Gasteiger partial charge is 0.373 e. The topological polar surface area (TPSA) is 37.0 Å². The second kappa shape index (κ2) is 5.51. The minimum atomic E-state index is 0.823. The molecule has 0 bridgehead atoms. The molecule has 0 aliphatic rings. The summed E-state index contributed by atoms with van der Waals surface area (Å²) in [4.78, 5) is 4.48. The minimum Gasteiger partial charge on any atom is -0.373 e. The molecular weight excluding hydrogens is 314 g/mol. The first-order valence-electron chi connectivity index (χ1n) is 6.37. The molecule has 0 amide bonds. The molecule has 0 saturated heterocycles. The molecule has 100 valence electrons. The number of halogens is 1. The van der Waals surface area contributed by atoms with Crippen LogP contribution in [0.4, 0.5) is 17.3 Å². The highest BCUT2D eigenvalue weighted by Gasteiger charge is 2.05. The number of nitrogens with zero attached hydrogens (tertiary/aromatic N) is 1. The summed E-state index contributed by atoms with van der Waals surface area (Å²) in [6, 6.07) is 18.2. The number of hydrogen-bond donors (Lipinski definition) is 2. The number of anilines is 3. The predicted octanol–water partition coefficient (Wildman–Crippen LogP) is 4.78. The molecule has 20 heavy (non-hydrogen) atoms. The summed E-state index contributed by atoms with van der Waals surface area (Å²) in [7, 11) is 1.86. The van der Waals surface area contributed by atoms with E-state index in [2.05, 4.69) is 49.7 Å². The van der Waals surface area contributed by atoms with Gasteiger partial charge in [-0.15, -0.1) is 0 Å². The lowest BCUT2D eigenvalue weighted by Gasteiger charge is -2.11. The molecule has 4 heteroatoms. The van der Waals surface area contributed by atoms with Crippen LogP contribution in [0.5, 0.6) is 0 Å². The molecule has 1 heterocycles. The lowest BCUT2D eigenvalue weighted by Crippen LogP contribution is -1.97. The van der Waals surface area contributed by atoms with Crippen molar-refractivity contribution < 1.29 is 0 Å². The van der Waals surface area contributed by atoms with Crippen LogP contribution in [0.15, 0.2) is 59.1 Å². The Balaban J connectivity index is 2.04. The van der Waals surface area contributed by atoms with Crippen LogP contribution < -0.4 is 10.6 Å². The van der Waals surface area contributed by atoms with Gasteiger partial charge in [-0.05, 0) is 29.7 Å². The van der Waals surface area contributed by atoms with Gasteiger partial charge in [0.15, 0.2) is 0 Å². The van der Waals surface area contributed by atoms with Gasteiger partial charge in [0.25, 0.3) is 0 Å². The molecule has 0 fully saturated rings. The van der Waals surface area contributed by atoms with E-state index in [4.69, 9.17) is 0 Å². The van der Waals surface area contributed by atoms with E-state index in [0.717, 1.165) is 21.8 Å². The van der Waals surface area contributed by atoms with E-state index in [1.54, 1.807) is 0 Å². The first-order valence-corrected chi connectivity index (χ1v) is 7.16. The van der Waals surface area contributed by atoms with E-state index in [-0.39, 0.29) is 0 Å². The molecule has 0 unspecified atom stereocenters. The van der Waals surface area contributed by atoms with Crippen molar-refractivity contribution in [3.8, 4) is 0 Å². The Kier molecular flexibility index (Phi) is 3.56. The van der Waals surface area contributed by atoms with Gasteiger partial charge in [-0.1, -0.05) is 46.3 Å². The van der Waals surface area contributed by atoms with Crippen LogP contribution in [-0.4, -0.2) is 12.0 Å². The number of nitrogens with one attached hydrogen (secondary N) is 2. The van der Waals surface area contributed by atoms with Crippen molar-refractivity contribution in [1.82, 2.24) is 4.98 Å². The van der Waals surface area contributed by atoms with E-state index < -0.39 is 0 Å². The fourth-order valence-corrected chi connectivity index (χ4v) is 2.63. The van der Waals surface area contributed by atoms with Gasteiger partial charge in [0.1, 0.15) is 11.6 Å². The Labute approximate surface area is 126 Å². The standard InChI is InChI=1S/C16H14BrN3/c1-18-15-7-4-8-16(20-15)19-14-10-9-13(17)11-5-2-3-6-12(11)14/h2-10H,1H3,(H2,18,19,20). The molecule has 0 spiro atoms. The zero-order valence-electron chi connectivity index (χ0n) is 11.0. The summed E-state index contributed by atoms with van der Waals surface area (Å²) in [6.45, 7) is 0. The van der Waals surface area contributed by atoms with Gasteiger partial charge in [0.2, 0.25) is 0 Å². The lowest BCUT2D eigenvalue weighted by molar-refractivity contribution is 1.28. The number of fused-ring (bicyclic) bond motifs is 1. The van der Waals surface area contributed by atoms with Crippen molar-refractivity contribution in [1.29, 1.82) is 0 Å². The molecule has 3 nitrogen and oxygen atoms in total. The average Bonchev–Trinajstić information content (AvgIpc) is 2.51. The zero-order chi connectivity index (χ0) is 13.9. The van der Waals surface area contributed by atoms with Crippen LogP contribution in [0.25, 0.3) is 10.8 Å². The molecule has 0 saturated carbocycles. The van der Waals surface area contributed by atoms with Crippen LogP contribution >= 0.6 is 15.9 Å². The number of rotatable bonds is 3. The van der Waals surface area contributed by atoms with Crippen LogP contribution in [0.3, 0.4) is 0 Å². The van der Waals surface area contributed by atoms with Crippen LogP contribution in [0.2, 0.25) is 0 Å². The summed E-state index contributed by atoms with van der Waals surface area (Å²) >= 11 is 3.59. The van der Waals surface area contributed by atoms with Crippen molar-refractivity contribution in [3.05, 3.63) is 59.1 Å². The first-order chi connectivity index (χ1) is 9.78. The molecule has 1 aromatic heterocycles. The Hall–Kier alpha value is -2.07. The second-order valence-corrected chi connectivity index (χ2v) is 5.28. The Morgan fingerprint density at radius 2 is 1.60 bits per heavy atom. The fourth-order valence-electron chi connectivity index (χ4n) is 2.15. The summed E-state index contributed by atoms with van der Waals surface area (Å²) in [5.41, 5.74) is 1.05. The SMILES string of the molecule is CNc1cccc(Nc2ccc(Br)c3ccccc23)n1. The van der Waals surface area contributed by atoms with Crippen LogP contribution in [0, 0.1) is 0 Å². The van der Waals surface area contributed by atoms with E-state index in [1.807, 2.05) is 43.4 Å². The van der Waals surface area contributed by atoms with Gasteiger partial charge in [-0.25, -0.2) is 4.98 Å². The molecule has 0 aliphatic carbocycles. The van der Waals surface area contributed by atoms with Gasteiger partial charge >= 0.3 is 0 Å². The highest BCUT2D eigenvalue weighted by Crippen LogP contribution is 2.31. The van der Waals surface area contributed by atoms with Crippen LogP contribution in [-0.2, 0) is 0 Å². The number of benzene rings is 2. The molecule has 0 aliphatic heterocycles. The average molecular weight is 328 g/mol. The second-order valence-electron chi connectivity index (χ2n) is 4.42. The smallest absolute Gasteiger partial charge is 0.132 e. The third-order valence-corrected chi connectivity index (χ3v) is 3.83. The molecular formula is C16H14BrN3. The summed E-state index contributed by atoms with van der Waals surface area (Å²) in [5.74, 6) is 1.67. The first kappa shape index (κ1) is 12.9. The highest BCUT2D eigenvalue weighted by atomic mass is 79.9. The van der Waals surface area contributed by atoms with Gasteiger partial charge < -0.3 is 10.6 Å². The monoisotopic (exact) mass is 327 g/mol. The number of hydrogen-bond acceptors (Lipinski definition) is 3. The third kappa shape index (κ3) is 2.47. The predicted molar refractivity (Wildman–Crippen MR) is 88.7 cm³/mol. The molecule has 0 radical (unpaired) electrons. The summed E-state index contributed by atoms with van der Waals surface area (Å²) in [6.07, 6.45) is 0. The Morgan fingerprint density at radius 3 is 2.40 bits per heavy atom. The van der Waals surface area contributed by atoms with E-state index in [1.165, 1.54) is 10.8 Å². The van der Waals surface area contributed by atoms with Gasteiger partial charge in [-0.3, -0.25) is 0 Å². The summed E-state index contributed by atoms with van der Waals surface area (Å²) in [5, 5.41) is 8.77. The maximum absolute atomic E-state index is 4.48. The van der Waals surface area contributed by atoms with E-state index >= 15 is 0 Å². The van der Waals surface area contributed by atoms with Crippen molar-refractivity contribution in [3.63, 3.8) is 0 Å². The van der Waals surface area contributed by atoms with Crippen molar-refractivity contribution in [2.24, 2.45) is 0 Å². The third-order valence-electron chi connectivity index (χ3n) is 3.14. The van der Waals surface area contributed by atoms with Crippen molar-refractivity contribution >= 4 is 44.0 Å². The molecule has 2 N–H and O–H groups in total. The van der Waals surface area contributed by atoms with Crippen LogP contribution in [0.1, 0.15) is 0 Å². The fraction of sp³-hybridized carbons (Fsp3) is 0.0625. The highest BCUT2D eigenvalue weighted by molar-refractivity contribution is 9.10.